The predicted molar refractivity (Wildman–Crippen MR) is 24.4 cm³/mol. The van der Waals surface area contributed by atoms with Crippen molar-refractivity contribution in [3.63, 3.8) is 0 Å². The molecule has 0 aromatic rings. The molecule has 36 valence electrons. The van der Waals surface area contributed by atoms with Gasteiger partial charge in [0.2, 0.25) is 0 Å². The number of hydrogen-bond donors (Lipinski definition) is 1. The molecule has 0 aromatic carbocycles. The van der Waals surface area contributed by atoms with Crippen LogP contribution in [0.2, 0.25) is 0 Å². The Morgan fingerprint density at radius 3 is 1.00 bits per heavy atom. The van der Waals surface area contributed by atoms with E-state index in [9.17, 15) is 0 Å². The van der Waals surface area contributed by atoms with Crippen molar-refractivity contribution in [3.8, 4) is 0 Å². The van der Waals surface area contributed by atoms with Gasteiger partial charge in [0.25, 0.3) is 0 Å². The van der Waals surface area contributed by atoms with Gasteiger partial charge in [0, 0.05) is 0 Å². The van der Waals surface area contributed by atoms with Gasteiger partial charge in [0.1, 0.15) is 0 Å². The van der Waals surface area contributed by atoms with E-state index in [0.29, 0.717) is 0 Å². The molecule has 0 fully saturated rings. The third-order valence-corrected chi connectivity index (χ3v) is 0. The summed E-state index contributed by atoms with van der Waals surface area (Å²) in [6.07, 6.45) is 0. The van der Waals surface area contributed by atoms with Crippen LogP contribution >= 0.6 is 0 Å². The van der Waals surface area contributed by atoms with E-state index in [4.69, 9.17) is 0 Å². The fourth-order valence-electron chi connectivity index (χ4n) is 0. The fraction of sp³-hybridized carbons (Fsp3) is 1.00. The Balaban J connectivity index is -0.000000000833. The van der Waals surface area contributed by atoms with Crippen molar-refractivity contribution in [3.05, 3.63) is 0 Å². The molecule has 0 spiro atoms. The molecule has 0 amide bonds. The zero-order valence-corrected chi connectivity index (χ0v) is 14.6. The van der Waals surface area contributed by atoms with E-state index in [0.717, 1.165) is 0 Å². The summed E-state index contributed by atoms with van der Waals surface area (Å²) in [4.78, 5) is 0. The van der Waals surface area contributed by atoms with E-state index in [1.807, 2.05) is 0 Å². The van der Waals surface area contributed by atoms with Gasteiger partial charge in [0.05, 0.1) is 0 Å². The molecular weight excluding hydrogens is 433 g/mol. The summed E-state index contributed by atoms with van der Waals surface area (Å²) in [6, 6.07) is 0. The van der Waals surface area contributed by atoms with E-state index in [1.54, 1.807) is 0 Å². The molecule has 5 heteroatoms. The normalized spacial score (nSPS) is 1.00. The first-order chi connectivity index (χ1) is 1.00. The summed E-state index contributed by atoms with van der Waals surface area (Å²) in [6.45, 7) is 0. The Labute approximate surface area is 110 Å². The Bertz CT molecular complexity index is 13.5. The molecule has 0 unspecified atom stereocenters. The molecule has 0 aliphatic rings. The number of hydrogen-bond acceptors (Lipinski definition) is 1. The molecule has 0 aliphatic carbocycles. The van der Waals surface area contributed by atoms with Crippen molar-refractivity contribution >= 4 is 65.0 Å². The Kier molecular flexibility index (Phi) is 251. The standard InChI is InChI=1S/CH5N.2BrH.Ca.Pb.2H/c1-2;;;;;;/h2H2,1H3;2*1H;;;;/q;;;+2;;;/p-2. The van der Waals surface area contributed by atoms with E-state index >= 15 is 0 Å². The summed E-state index contributed by atoms with van der Waals surface area (Å²) in [5.74, 6) is 0. The van der Waals surface area contributed by atoms with Crippen molar-refractivity contribution in [2.45, 2.75) is 0 Å². The van der Waals surface area contributed by atoms with E-state index in [-0.39, 0.29) is 99.0 Å². The van der Waals surface area contributed by atoms with Crippen LogP contribution in [0, 0.1) is 0 Å². The van der Waals surface area contributed by atoms with Crippen LogP contribution in [0.25, 0.3) is 0 Å². The summed E-state index contributed by atoms with van der Waals surface area (Å²) >= 11 is 0. The SMILES string of the molecule is CN.[Br-].[Br-].[Ca+2].[PbH2]. The first-order valence-corrected chi connectivity index (χ1v) is 0.577. The minimum atomic E-state index is 0. The zero-order valence-electron chi connectivity index (χ0n) is 3.75. The van der Waals surface area contributed by atoms with Crippen molar-refractivity contribution in [2.75, 3.05) is 7.05 Å². The second-order valence-corrected chi connectivity index (χ2v) is 0. The third-order valence-electron chi connectivity index (χ3n) is 0. The van der Waals surface area contributed by atoms with Crippen LogP contribution < -0.4 is 39.7 Å². The number of rotatable bonds is 0. The molecule has 0 rings (SSSR count). The van der Waals surface area contributed by atoms with Crippen molar-refractivity contribution in [1.82, 2.24) is 0 Å². The van der Waals surface area contributed by atoms with Crippen LogP contribution in [0.1, 0.15) is 0 Å². The molecule has 0 saturated heterocycles. The Morgan fingerprint density at radius 1 is 1.00 bits per heavy atom. The Hall–Kier alpha value is 3.10. The van der Waals surface area contributed by atoms with E-state index in [1.165, 1.54) is 7.05 Å². The van der Waals surface area contributed by atoms with Gasteiger partial charge in [-0.05, 0) is 7.05 Å². The molecule has 1 nitrogen and oxygen atoms in total. The van der Waals surface area contributed by atoms with E-state index < -0.39 is 0 Å². The first kappa shape index (κ1) is 35.5. The third kappa shape index (κ3) is 27.5. The van der Waals surface area contributed by atoms with Gasteiger partial charge in [-0.15, -0.1) is 0 Å². The quantitative estimate of drug-likeness (QED) is 0.373. The van der Waals surface area contributed by atoms with Crippen LogP contribution in [-0.2, 0) is 0 Å². The second-order valence-electron chi connectivity index (χ2n) is 0. The molecule has 2 N–H and O–H groups in total. The maximum absolute atomic E-state index is 4.50. The predicted octanol–water partition coefficient (Wildman–Crippen LogP) is -7.71. The van der Waals surface area contributed by atoms with Gasteiger partial charge < -0.3 is 39.7 Å². The van der Waals surface area contributed by atoms with Crippen LogP contribution in [0.5, 0.6) is 0 Å². The van der Waals surface area contributed by atoms with Crippen LogP contribution in [0.15, 0.2) is 0 Å². The van der Waals surface area contributed by atoms with Gasteiger partial charge >= 0.3 is 65.0 Å². The van der Waals surface area contributed by atoms with Gasteiger partial charge in [-0.25, -0.2) is 0 Å². The van der Waals surface area contributed by atoms with Gasteiger partial charge in [-0.2, -0.15) is 0 Å². The molecule has 0 aromatic heterocycles. The van der Waals surface area contributed by atoms with Gasteiger partial charge in [-0.1, -0.05) is 0 Å². The Morgan fingerprint density at radius 2 is 1.00 bits per heavy atom. The summed E-state index contributed by atoms with van der Waals surface area (Å²) < 4.78 is 0. The van der Waals surface area contributed by atoms with Crippen molar-refractivity contribution < 1.29 is 34.0 Å². The topological polar surface area (TPSA) is 26.0 Å². The number of halogens is 2. The molecule has 2 radical (unpaired) electrons. The second kappa shape index (κ2) is 42.5. The van der Waals surface area contributed by atoms with Crippen molar-refractivity contribution in [2.24, 2.45) is 5.73 Å². The average molecular weight is 440 g/mol. The zero-order chi connectivity index (χ0) is 2.00. The van der Waals surface area contributed by atoms with Crippen molar-refractivity contribution in [1.29, 1.82) is 0 Å². The summed E-state index contributed by atoms with van der Waals surface area (Å²) in [5.41, 5.74) is 4.50. The molecular formula is CH7Br2CaNPb. The molecule has 6 heavy (non-hydrogen) atoms. The first-order valence-electron chi connectivity index (χ1n) is 0.577. The summed E-state index contributed by atoms with van der Waals surface area (Å²) in [5, 5.41) is 0. The molecule has 0 saturated carbocycles. The summed E-state index contributed by atoms with van der Waals surface area (Å²) in [7, 11) is 1.50. The van der Waals surface area contributed by atoms with Gasteiger partial charge in [-0.3, -0.25) is 0 Å². The molecule has 0 heterocycles. The van der Waals surface area contributed by atoms with Crippen LogP contribution in [-0.4, -0.2) is 72.1 Å². The molecule has 0 bridgehead atoms. The average Bonchev–Trinajstić information content (AvgIpc) is 1.00. The number of nitrogens with two attached hydrogens (primary N) is 1. The van der Waals surface area contributed by atoms with Crippen LogP contribution in [0.4, 0.5) is 0 Å². The molecule has 0 aliphatic heterocycles. The minimum absolute atomic E-state index is 0. The van der Waals surface area contributed by atoms with E-state index in [2.05, 4.69) is 5.73 Å². The van der Waals surface area contributed by atoms with Gasteiger partial charge in [0.15, 0.2) is 0 Å². The van der Waals surface area contributed by atoms with Crippen LogP contribution in [0.3, 0.4) is 0 Å². The molecule has 0 atom stereocenters. The maximum atomic E-state index is 4.50. The monoisotopic (exact) mass is 439 g/mol. The fourth-order valence-corrected chi connectivity index (χ4v) is 0.